The fourth-order valence-electron chi connectivity index (χ4n) is 2.32. The molecule has 0 spiro atoms. The first-order chi connectivity index (χ1) is 7.77. The van der Waals surface area contributed by atoms with Crippen molar-refractivity contribution in [1.29, 1.82) is 0 Å². The average molecular weight is 242 g/mol. The quantitative estimate of drug-likeness (QED) is 0.745. The molecular weight excluding hydrogens is 224 g/mol. The molecule has 1 amide bonds. The van der Waals surface area contributed by atoms with Gasteiger partial charge in [-0.15, -0.1) is 0 Å². The summed E-state index contributed by atoms with van der Waals surface area (Å²) < 4.78 is 5.57. The van der Waals surface area contributed by atoms with Gasteiger partial charge in [0.15, 0.2) is 0 Å². The standard InChI is InChI=1S/C11H18N2O2S/c1-3-15-10-9-5-4-6-13(9)11(14)8(12-10)7-16-2/h8-9H,3-7H2,1-2H3/t8-,9+/m0/s1. The summed E-state index contributed by atoms with van der Waals surface area (Å²) in [6.45, 7) is 3.45. The maximum Gasteiger partial charge on any atom is 0.249 e. The molecule has 0 aromatic rings. The lowest BCUT2D eigenvalue weighted by Crippen LogP contribution is -2.51. The van der Waals surface area contributed by atoms with E-state index in [4.69, 9.17) is 4.74 Å². The van der Waals surface area contributed by atoms with E-state index in [1.54, 1.807) is 11.8 Å². The molecule has 0 aromatic heterocycles. The number of hydrogen-bond acceptors (Lipinski definition) is 4. The first kappa shape index (κ1) is 11.8. The SMILES string of the molecule is CCOC1=N[C@@H](CSC)C(=O)N2CCC[C@H]12. The van der Waals surface area contributed by atoms with Gasteiger partial charge in [0.25, 0.3) is 0 Å². The van der Waals surface area contributed by atoms with Crippen molar-refractivity contribution in [2.45, 2.75) is 31.8 Å². The number of carbonyl (C=O) groups excluding carboxylic acids is 1. The first-order valence-corrected chi connectivity index (χ1v) is 7.17. The predicted octanol–water partition coefficient (Wildman–Crippen LogP) is 1.16. The maximum atomic E-state index is 12.1. The van der Waals surface area contributed by atoms with Crippen LogP contribution in [0.4, 0.5) is 0 Å². The third-order valence-electron chi connectivity index (χ3n) is 3.01. The van der Waals surface area contributed by atoms with Gasteiger partial charge in [-0.25, -0.2) is 4.99 Å². The highest BCUT2D eigenvalue weighted by Gasteiger charge is 2.40. The van der Waals surface area contributed by atoms with Crippen molar-refractivity contribution < 1.29 is 9.53 Å². The summed E-state index contributed by atoms with van der Waals surface area (Å²) in [7, 11) is 0. The molecule has 2 rings (SSSR count). The lowest BCUT2D eigenvalue weighted by Gasteiger charge is -2.32. The van der Waals surface area contributed by atoms with Gasteiger partial charge in [0.2, 0.25) is 11.8 Å². The number of rotatable bonds is 3. The molecule has 90 valence electrons. The fraction of sp³-hybridized carbons (Fsp3) is 0.818. The van der Waals surface area contributed by atoms with Gasteiger partial charge in [0.05, 0.1) is 6.61 Å². The van der Waals surface area contributed by atoms with E-state index in [0.29, 0.717) is 6.61 Å². The number of amides is 1. The van der Waals surface area contributed by atoms with Crippen molar-refractivity contribution in [2.75, 3.05) is 25.2 Å². The van der Waals surface area contributed by atoms with E-state index in [-0.39, 0.29) is 18.0 Å². The monoisotopic (exact) mass is 242 g/mol. The second kappa shape index (κ2) is 5.08. The first-order valence-electron chi connectivity index (χ1n) is 5.77. The molecule has 0 radical (unpaired) electrons. The van der Waals surface area contributed by atoms with Gasteiger partial charge >= 0.3 is 0 Å². The number of aliphatic imine (C=N–C) groups is 1. The predicted molar refractivity (Wildman–Crippen MR) is 66.0 cm³/mol. The molecule has 0 aromatic carbocycles. The van der Waals surface area contributed by atoms with Crippen LogP contribution in [0.2, 0.25) is 0 Å². The summed E-state index contributed by atoms with van der Waals surface area (Å²) in [5, 5.41) is 0. The van der Waals surface area contributed by atoms with Crippen LogP contribution >= 0.6 is 11.8 Å². The zero-order chi connectivity index (χ0) is 11.5. The van der Waals surface area contributed by atoms with Crippen LogP contribution in [0.15, 0.2) is 4.99 Å². The van der Waals surface area contributed by atoms with Crippen LogP contribution in [0.3, 0.4) is 0 Å². The molecule has 2 aliphatic heterocycles. The number of thioether (sulfide) groups is 1. The Morgan fingerprint density at radius 2 is 2.44 bits per heavy atom. The number of hydrogen-bond donors (Lipinski definition) is 0. The van der Waals surface area contributed by atoms with Gasteiger partial charge in [-0.1, -0.05) is 0 Å². The Hall–Kier alpha value is -0.710. The highest BCUT2D eigenvalue weighted by molar-refractivity contribution is 7.98. The Morgan fingerprint density at radius 1 is 1.62 bits per heavy atom. The summed E-state index contributed by atoms with van der Waals surface area (Å²) >= 11 is 1.66. The third kappa shape index (κ3) is 2.05. The van der Waals surface area contributed by atoms with Crippen molar-refractivity contribution in [3.8, 4) is 0 Å². The van der Waals surface area contributed by atoms with Gasteiger partial charge in [-0.2, -0.15) is 11.8 Å². The van der Waals surface area contributed by atoms with Crippen LogP contribution in [0.1, 0.15) is 19.8 Å². The molecule has 2 atom stereocenters. The van der Waals surface area contributed by atoms with Crippen LogP contribution in [0.25, 0.3) is 0 Å². The van der Waals surface area contributed by atoms with Gasteiger partial charge in [0, 0.05) is 12.3 Å². The molecule has 16 heavy (non-hydrogen) atoms. The normalized spacial score (nSPS) is 29.0. The topological polar surface area (TPSA) is 41.9 Å². The summed E-state index contributed by atoms with van der Waals surface area (Å²) in [6, 6.07) is -0.114. The van der Waals surface area contributed by atoms with Gasteiger partial charge in [-0.05, 0) is 26.0 Å². The summed E-state index contributed by atoms with van der Waals surface area (Å²) in [4.78, 5) is 18.5. The van der Waals surface area contributed by atoms with Crippen LogP contribution in [-0.4, -0.2) is 53.9 Å². The van der Waals surface area contributed by atoms with Crippen LogP contribution in [-0.2, 0) is 9.53 Å². The highest BCUT2D eigenvalue weighted by Crippen LogP contribution is 2.26. The molecule has 0 aliphatic carbocycles. The van der Waals surface area contributed by atoms with Crippen LogP contribution in [0, 0.1) is 0 Å². The Morgan fingerprint density at radius 3 is 3.12 bits per heavy atom. The van der Waals surface area contributed by atoms with E-state index in [1.807, 2.05) is 18.1 Å². The van der Waals surface area contributed by atoms with Crippen LogP contribution < -0.4 is 0 Å². The van der Waals surface area contributed by atoms with Gasteiger partial charge in [0.1, 0.15) is 12.1 Å². The molecule has 4 nitrogen and oxygen atoms in total. The zero-order valence-electron chi connectivity index (χ0n) is 9.81. The summed E-state index contributed by atoms with van der Waals surface area (Å²) in [5.41, 5.74) is 0. The zero-order valence-corrected chi connectivity index (χ0v) is 10.6. The van der Waals surface area contributed by atoms with Gasteiger partial charge in [-0.3, -0.25) is 4.79 Å². The number of fused-ring (bicyclic) bond motifs is 1. The van der Waals surface area contributed by atoms with Crippen molar-refractivity contribution in [3.05, 3.63) is 0 Å². The largest absolute Gasteiger partial charge is 0.480 e. The van der Waals surface area contributed by atoms with Crippen molar-refractivity contribution >= 4 is 23.6 Å². The average Bonchev–Trinajstić information content (AvgIpc) is 2.74. The highest BCUT2D eigenvalue weighted by atomic mass is 32.2. The Kier molecular flexibility index (Phi) is 3.74. The second-order valence-electron chi connectivity index (χ2n) is 4.06. The number of nitrogens with zero attached hydrogens (tertiary/aromatic N) is 2. The Labute approximate surface area is 100 Å². The third-order valence-corrected chi connectivity index (χ3v) is 3.65. The minimum absolute atomic E-state index is 0.116. The lowest BCUT2D eigenvalue weighted by atomic mass is 10.1. The summed E-state index contributed by atoms with van der Waals surface area (Å²) in [6.07, 6.45) is 4.06. The van der Waals surface area contributed by atoms with E-state index >= 15 is 0 Å². The van der Waals surface area contributed by atoms with Crippen molar-refractivity contribution in [1.82, 2.24) is 4.90 Å². The van der Waals surface area contributed by atoms with E-state index in [2.05, 4.69) is 4.99 Å². The molecule has 1 fully saturated rings. The van der Waals surface area contributed by atoms with Gasteiger partial charge < -0.3 is 9.64 Å². The molecule has 0 N–H and O–H groups in total. The Balaban J connectivity index is 2.20. The van der Waals surface area contributed by atoms with E-state index < -0.39 is 0 Å². The fourth-order valence-corrected chi connectivity index (χ4v) is 2.85. The molecule has 2 heterocycles. The van der Waals surface area contributed by atoms with Crippen LogP contribution in [0.5, 0.6) is 0 Å². The second-order valence-corrected chi connectivity index (χ2v) is 4.97. The van der Waals surface area contributed by atoms with E-state index in [0.717, 1.165) is 31.0 Å². The minimum Gasteiger partial charge on any atom is -0.480 e. The molecule has 5 heteroatoms. The van der Waals surface area contributed by atoms with E-state index in [1.165, 1.54) is 0 Å². The smallest absolute Gasteiger partial charge is 0.249 e. The molecule has 0 bridgehead atoms. The minimum atomic E-state index is -0.231. The maximum absolute atomic E-state index is 12.1. The molecule has 0 unspecified atom stereocenters. The van der Waals surface area contributed by atoms with E-state index in [9.17, 15) is 4.79 Å². The Bertz CT molecular complexity index is 306. The van der Waals surface area contributed by atoms with Crippen molar-refractivity contribution in [3.63, 3.8) is 0 Å². The summed E-state index contributed by atoms with van der Waals surface area (Å²) in [5.74, 6) is 1.71. The van der Waals surface area contributed by atoms with Crippen molar-refractivity contribution in [2.24, 2.45) is 4.99 Å². The molecular formula is C11H18N2O2S. The number of carbonyl (C=O) groups is 1. The number of ether oxygens (including phenoxy) is 1. The lowest BCUT2D eigenvalue weighted by molar-refractivity contribution is -0.132. The molecule has 0 saturated carbocycles. The molecule has 1 saturated heterocycles. The molecule has 2 aliphatic rings.